The summed E-state index contributed by atoms with van der Waals surface area (Å²) in [6.07, 6.45) is 3.33. The highest BCUT2D eigenvalue weighted by atomic mass is 16.4. The zero-order valence-electron chi connectivity index (χ0n) is 12.8. The average molecular weight is 282 g/mol. The zero-order valence-corrected chi connectivity index (χ0v) is 12.8. The van der Waals surface area contributed by atoms with E-state index in [0.717, 1.165) is 32.4 Å². The average Bonchev–Trinajstić information content (AvgIpc) is 2.81. The molecular weight excluding hydrogens is 256 g/mol. The van der Waals surface area contributed by atoms with Gasteiger partial charge in [-0.3, -0.25) is 4.79 Å². The van der Waals surface area contributed by atoms with Crippen molar-refractivity contribution < 1.29 is 14.7 Å². The van der Waals surface area contributed by atoms with E-state index in [1.54, 1.807) is 11.8 Å². The van der Waals surface area contributed by atoms with Gasteiger partial charge in [0.05, 0.1) is 5.92 Å². The third-order valence-corrected chi connectivity index (χ3v) is 5.49. The van der Waals surface area contributed by atoms with Crippen LogP contribution in [0.1, 0.15) is 40.0 Å². The number of rotatable bonds is 4. The number of carboxylic acids is 1. The van der Waals surface area contributed by atoms with Gasteiger partial charge in [-0.15, -0.1) is 0 Å². The number of amides is 2. The highest BCUT2D eigenvalue weighted by Crippen LogP contribution is 2.38. The maximum Gasteiger partial charge on any atom is 0.320 e. The fourth-order valence-corrected chi connectivity index (χ4v) is 3.31. The lowest BCUT2D eigenvalue weighted by Gasteiger charge is -2.43. The van der Waals surface area contributed by atoms with E-state index in [1.807, 2.05) is 4.90 Å². The minimum absolute atomic E-state index is 0.0996. The van der Waals surface area contributed by atoms with Crippen LogP contribution >= 0.6 is 0 Å². The Morgan fingerprint density at radius 1 is 1.25 bits per heavy atom. The molecule has 2 fully saturated rings. The van der Waals surface area contributed by atoms with Crippen LogP contribution in [0.5, 0.6) is 0 Å². The lowest BCUT2D eigenvalue weighted by molar-refractivity contribution is -0.144. The van der Waals surface area contributed by atoms with Crippen LogP contribution in [0.15, 0.2) is 0 Å². The molecule has 2 heterocycles. The van der Waals surface area contributed by atoms with Crippen molar-refractivity contribution in [2.45, 2.75) is 40.0 Å². The summed E-state index contributed by atoms with van der Waals surface area (Å²) in [7, 11) is 0. The molecule has 1 atom stereocenters. The van der Waals surface area contributed by atoms with Gasteiger partial charge in [0.1, 0.15) is 0 Å². The molecule has 0 radical (unpaired) electrons. The number of carboxylic acid groups (broad SMARTS) is 1. The molecular formula is C15H26N2O3. The first-order valence-electron chi connectivity index (χ1n) is 7.69. The smallest absolute Gasteiger partial charge is 0.320 e. The molecule has 2 amide bonds. The molecule has 2 aliphatic heterocycles. The van der Waals surface area contributed by atoms with Gasteiger partial charge in [0.25, 0.3) is 0 Å². The molecule has 20 heavy (non-hydrogen) atoms. The van der Waals surface area contributed by atoms with Crippen LogP contribution in [0.4, 0.5) is 4.79 Å². The van der Waals surface area contributed by atoms with E-state index in [-0.39, 0.29) is 17.9 Å². The maximum absolute atomic E-state index is 12.4. The number of hydrogen-bond acceptors (Lipinski definition) is 2. The lowest BCUT2D eigenvalue weighted by atomic mass is 9.82. The van der Waals surface area contributed by atoms with Gasteiger partial charge >= 0.3 is 12.0 Å². The molecule has 5 heteroatoms. The predicted molar refractivity (Wildman–Crippen MR) is 76.5 cm³/mol. The summed E-state index contributed by atoms with van der Waals surface area (Å²) in [4.78, 5) is 27.1. The normalized spacial score (nSPS) is 23.6. The molecule has 0 aromatic rings. The van der Waals surface area contributed by atoms with E-state index in [4.69, 9.17) is 5.11 Å². The molecule has 114 valence electrons. The largest absolute Gasteiger partial charge is 0.481 e. The Morgan fingerprint density at radius 3 is 2.30 bits per heavy atom. The van der Waals surface area contributed by atoms with Crippen molar-refractivity contribution in [3.63, 3.8) is 0 Å². The summed E-state index contributed by atoms with van der Waals surface area (Å²) in [5.74, 6) is -1.01. The number of aliphatic carboxylic acids is 1. The summed E-state index contributed by atoms with van der Waals surface area (Å²) in [6, 6.07) is 0.0996. The van der Waals surface area contributed by atoms with Crippen LogP contribution in [0, 0.1) is 17.3 Å². The minimum atomic E-state index is -0.765. The molecule has 2 aliphatic rings. The topological polar surface area (TPSA) is 60.9 Å². The molecule has 0 aliphatic carbocycles. The second-order valence-electron chi connectivity index (χ2n) is 6.45. The quantitative estimate of drug-likeness (QED) is 0.860. The molecule has 0 bridgehead atoms. The predicted octanol–water partition coefficient (Wildman–Crippen LogP) is 2.27. The summed E-state index contributed by atoms with van der Waals surface area (Å²) < 4.78 is 0. The Kier molecular flexibility index (Phi) is 4.25. The van der Waals surface area contributed by atoms with Crippen LogP contribution in [0.3, 0.4) is 0 Å². The van der Waals surface area contributed by atoms with Crippen molar-refractivity contribution in [2.24, 2.45) is 17.3 Å². The standard InChI is InChI=1S/C15H26N2O3/c1-4-15(5-2)6-7-16(10-15)14(20)17-8-12(9-17)11(3)13(18)19/h11-12H,4-10H2,1-3H3,(H,18,19). The van der Waals surface area contributed by atoms with Gasteiger partial charge in [-0.05, 0) is 24.7 Å². The minimum Gasteiger partial charge on any atom is -0.481 e. The summed E-state index contributed by atoms with van der Waals surface area (Å²) >= 11 is 0. The van der Waals surface area contributed by atoms with E-state index in [0.29, 0.717) is 18.5 Å². The highest BCUT2D eigenvalue weighted by molar-refractivity contribution is 5.76. The Hall–Kier alpha value is -1.26. The van der Waals surface area contributed by atoms with E-state index in [9.17, 15) is 9.59 Å². The third-order valence-electron chi connectivity index (χ3n) is 5.49. The van der Waals surface area contributed by atoms with Crippen molar-refractivity contribution in [1.82, 2.24) is 9.80 Å². The molecule has 1 N–H and O–H groups in total. The van der Waals surface area contributed by atoms with Gasteiger partial charge in [-0.25, -0.2) is 4.79 Å². The van der Waals surface area contributed by atoms with Crippen LogP contribution in [-0.2, 0) is 4.79 Å². The van der Waals surface area contributed by atoms with Gasteiger partial charge in [0.15, 0.2) is 0 Å². The summed E-state index contributed by atoms with van der Waals surface area (Å²) in [6.45, 7) is 9.01. The van der Waals surface area contributed by atoms with Gasteiger partial charge in [-0.2, -0.15) is 0 Å². The number of urea groups is 1. The van der Waals surface area contributed by atoms with E-state index in [2.05, 4.69) is 13.8 Å². The van der Waals surface area contributed by atoms with Crippen molar-refractivity contribution in [1.29, 1.82) is 0 Å². The number of carbonyl (C=O) groups excluding carboxylic acids is 1. The van der Waals surface area contributed by atoms with Crippen LogP contribution in [0.25, 0.3) is 0 Å². The molecule has 5 nitrogen and oxygen atoms in total. The van der Waals surface area contributed by atoms with Crippen LogP contribution in [0.2, 0.25) is 0 Å². The van der Waals surface area contributed by atoms with Gasteiger partial charge in [0.2, 0.25) is 0 Å². The fraction of sp³-hybridized carbons (Fsp3) is 0.867. The number of hydrogen-bond donors (Lipinski definition) is 1. The third kappa shape index (κ3) is 2.63. The second-order valence-corrected chi connectivity index (χ2v) is 6.45. The Bertz CT molecular complexity index is 387. The van der Waals surface area contributed by atoms with E-state index in [1.165, 1.54) is 0 Å². The lowest BCUT2D eigenvalue weighted by Crippen LogP contribution is -2.57. The van der Waals surface area contributed by atoms with Crippen molar-refractivity contribution in [3.05, 3.63) is 0 Å². The number of nitrogens with zero attached hydrogens (tertiary/aromatic N) is 2. The first-order chi connectivity index (χ1) is 9.42. The molecule has 2 rings (SSSR count). The van der Waals surface area contributed by atoms with Crippen molar-refractivity contribution in [3.8, 4) is 0 Å². The molecule has 0 spiro atoms. The number of carbonyl (C=O) groups is 2. The van der Waals surface area contributed by atoms with E-state index >= 15 is 0 Å². The van der Waals surface area contributed by atoms with Crippen molar-refractivity contribution >= 4 is 12.0 Å². The van der Waals surface area contributed by atoms with Gasteiger partial charge in [-0.1, -0.05) is 20.8 Å². The van der Waals surface area contributed by atoms with Gasteiger partial charge < -0.3 is 14.9 Å². The van der Waals surface area contributed by atoms with Gasteiger partial charge in [0, 0.05) is 32.1 Å². The zero-order chi connectivity index (χ0) is 14.9. The SMILES string of the molecule is CCC1(CC)CCN(C(=O)N2CC(C(C)C(=O)O)C2)C1. The molecule has 0 saturated carbocycles. The van der Waals surface area contributed by atoms with Crippen LogP contribution < -0.4 is 0 Å². The Balaban J connectivity index is 1.85. The van der Waals surface area contributed by atoms with Crippen LogP contribution in [-0.4, -0.2) is 53.1 Å². The maximum atomic E-state index is 12.4. The first-order valence-corrected chi connectivity index (χ1v) is 7.69. The summed E-state index contributed by atoms with van der Waals surface area (Å²) in [5.41, 5.74) is 0.300. The highest BCUT2D eigenvalue weighted by Gasteiger charge is 2.42. The van der Waals surface area contributed by atoms with Crippen molar-refractivity contribution in [2.75, 3.05) is 26.2 Å². The number of likely N-dealkylation sites (tertiary alicyclic amines) is 2. The Labute approximate surface area is 120 Å². The Morgan fingerprint density at radius 2 is 1.85 bits per heavy atom. The fourth-order valence-electron chi connectivity index (χ4n) is 3.31. The monoisotopic (exact) mass is 282 g/mol. The second kappa shape index (κ2) is 5.62. The molecule has 1 unspecified atom stereocenters. The van der Waals surface area contributed by atoms with E-state index < -0.39 is 5.97 Å². The molecule has 2 saturated heterocycles. The summed E-state index contributed by atoms with van der Waals surface area (Å²) in [5, 5.41) is 8.97. The molecule has 0 aromatic carbocycles. The molecule has 0 aromatic heterocycles. The first kappa shape index (κ1) is 15.1.